The second-order valence-corrected chi connectivity index (χ2v) is 2.04. The minimum Gasteiger partial charge on any atom is -0.503 e. The lowest BCUT2D eigenvalue weighted by atomic mass is 10.1. The van der Waals surface area contributed by atoms with Crippen molar-refractivity contribution < 1.29 is 19.1 Å². The molecule has 0 fully saturated rings. The number of ether oxygens (including phenoxy) is 2. The number of carbonyl (C=O) groups is 2. The molecular weight excluding hydrogens is 160 g/mol. The Balaban J connectivity index is 4.55. The molecule has 0 N–H and O–H groups in total. The van der Waals surface area contributed by atoms with E-state index in [9.17, 15) is 9.59 Å². The van der Waals surface area contributed by atoms with E-state index in [0.29, 0.717) is 0 Å². The number of carbonyl (C=O) groups excluding carboxylic acids is 2. The number of esters is 1. The summed E-state index contributed by atoms with van der Waals surface area (Å²) in [6, 6.07) is 0. The summed E-state index contributed by atoms with van der Waals surface area (Å²) < 4.78 is 8.95. The van der Waals surface area contributed by atoms with Crippen molar-refractivity contribution in [3.05, 3.63) is 11.8 Å². The van der Waals surface area contributed by atoms with E-state index in [1.165, 1.54) is 14.2 Å². The van der Waals surface area contributed by atoms with Gasteiger partial charge in [0.15, 0.2) is 5.78 Å². The Morgan fingerprint density at radius 1 is 1.33 bits per heavy atom. The third-order valence-corrected chi connectivity index (χ3v) is 1.26. The predicted molar refractivity (Wildman–Crippen MR) is 42.4 cm³/mol. The van der Waals surface area contributed by atoms with Crippen LogP contribution in [-0.4, -0.2) is 26.0 Å². The second kappa shape index (κ2) is 5.35. The maximum atomic E-state index is 11.1. The second-order valence-electron chi connectivity index (χ2n) is 2.04. The Kier molecular flexibility index (Phi) is 4.76. The smallest absolute Gasteiger partial charge is 0.344 e. The highest BCUT2D eigenvalue weighted by atomic mass is 16.5. The molecule has 4 heteroatoms. The maximum absolute atomic E-state index is 11.1. The van der Waals surface area contributed by atoms with Gasteiger partial charge in [-0.15, -0.1) is 0 Å². The average molecular weight is 172 g/mol. The summed E-state index contributed by atoms with van der Waals surface area (Å²) in [4.78, 5) is 22.0. The molecule has 0 heterocycles. The van der Waals surface area contributed by atoms with Crippen LogP contribution in [0.15, 0.2) is 11.8 Å². The first-order valence-electron chi connectivity index (χ1n) is 3.51. The van der Waals surface area contributed by atoms with Crippen molar-refractivity contribution in [2.45, 2.75) is 13.3 Å². The van der Waals surface area contributed by atoms with Crippen LogP contribution in [0.25, 0.3) is 0 Å². The molecule has 0 saturated carbocycles. The molecule has 0 aromatic carbocycles. The van der Waals surface area contributed by atoms with Crippen LogP contribution < -0.4 is 0 Å². The van der Waals surface area contributed by atoms with E-state index >= 15 is 0 Å². The first-order chi connectivity index (χ1) is 5.67. The molecule has 0 aliphatic heterocycles. The Labute approximate surface area is 71.2 Å². The van der Waals surface area contributed by atoms with Gasteiger partial charge in [-0.2, -0.15) is 0 Å². The first-order valence-corrected chi connectivity index (χ1v) is 3.51. The minimum atomic E-state index is -0.663. The van der Waals surface area contributed by atoms with Gasteiger partial charge in [0, 0.05) is 6.42 Å². The number of ketones is 1. The summed E-state index contributed by atoms with van der Waals surface area (Å²) in [6.07, 6.45) is 1.35. The number of methoxy groups -OCH3 is 2. The zero-order valence-corrected chi connectivity index (χ0v) is 7.42. The SMILES string of the molecule is CCC(=O)C(=COC)C(=O)OC. The molecule has 4 nitrogen and oxygen atoms in total. The molecule has 0 spiro atoms. The average Bonchev–Trinajstić information content (AvgIpc) is 2.11. The van der Waals surface area contributed by atoms with E-state index in [1.54, 1.807) is 6.92 Å². The molecule has 0 atom stereocenters. The van der Waals surface area contributed by atoms with E-state index < -0.39 is 5.97 Å². The Morgan fingerprint density at radius 3 is 2.25 bits per heavy atom. The zero-order chi connectivity index (χ0) is 9.56. The maximum Gasteiger partial charge on any atom is 0.344 e. The van der Waals surface area contributed by atoms with Crippen LogP contribution in [0.2, 0.25) is 0 Å². The van der Waals surface area contributed by atoms with Crippen molar-refractivity contribution in [2.24, 2.45) is 0 Å². The Bertz CT molecular complexity index is 187. The van der Waals surface area contributed by atoms with Crippen LogP contribution in [0.5, 0.6) is 0 Å². The third kappa shape index (κ3) is 2.74. The van der Waals surface area contributed by atoms with Crippen molar-refractivity contribution in [1.29, 1.82) is 0 Å². The summed E-state index contributed by atoms with van der Waals surface area (Å²) in [5.41, 5.74) is -0.0532. The van der Waals surface area contributed by atoms with E-state index in [-0.39, 0.29) is 17.8 Å². The molecule has 0 amide bonds. The van der Waals surface area contributed by atoms with Gasteiger partial charge in [-0.3, -0.25) is 4.79 Å². The summed E-state index contributed by atoms with van der Waals surface area (Å²) in [5, 5.41) is 0. The van der Waals surface area contributed by atoms with Gasteiger partial charge in [0.05, 0.1) is 14.2 Å². The molecule has 68 valence electrons. The van der Waals surface area contributed by atoms with Gasteiger partial charge < -0.3 is 9.47 Å². The Hall–Kier alpha value is -1.32. The van der Waals surface area contributed by atoms with Crippen LogP contribution in [0.3, 0.4) is 0 Å². The summed E-state index contributed by atoms with van der Waals surface area (Å²) in [5.74, 6) is -0.951. The van der Waals surface area contributed by atoms with Crippen molar-refractivity contribution in [3.63, 3.8) is 0 Å². The fourth-order valence-electron chi connectivity index (χ4n) is 0.646. The van der Waals surface area contributed by atoms with E-state index in [0.717, 1.165) is 6.26 Å². The quantitative estimate of drug-likeness (QED) is 0.205. The predicted octanol–water partition coefficient (Wildman–Crippen LogP) is 0.669. The highest BCUT2D eigenvalue weighted by Gasteiger charge is 2.17. The van der Waals surface area contributed by atoms with Crippen LogP contribution in [0, 0.1) is 0 Å². The highest BCUT2D eigenvalue weighted by molar-refractivity contribution is 6.16. The lowest BCUT2D eigenvalue weighted by Gasteiger charge is -2.01. The van der Waals surface area contributed by atoms with Gasteiger partial charge >= 0.3 is 5.97 Å². The first kappa shape index (κ1) is 10.7. The third-order valence-electron chi connectivity index (χ3n) is 1.26. The van der Waals surface area contributed by atoms with Gasteiger partial charge in [-0.25, -0.2) is 4.79 Å². The monoisotopic (exact) mass is 172 g/mol. The molecule has 0 radical (unpaired) electrons. The van der Waals surface area contributed by atoms with E-state index in [4.69, 9.17) is 0 Å². The molecule has 0 aliphatic rings. The topological polar surface area (TPSA) is 52.6 Å². The molecule has 0 saturated heterocycles. The number of rotatable bonds is 4. The minimum absolute atomic E-state index is 0.0532. The molecule has 0 rings (SSSR count). The molecule has 0 aromatic rings. The standard InChI is InChI=1S/C8H12O4/c1-4-7(9)6(5-11-2)8(10)12-3/h5H,4H2,1-3H3. The normalized spacial score (nSPS) is 10.8. The molecule has 0 unspecified atom stereocenters. The summed E-state index contributed by atoms with van der Waals surface area (Å²) >= 11 is 0. The molecule has 0 aromatic heterocycles. The van der Waals surface area contributed by atoms with Gasteiger partial charge in [-0.1, -0.05) is 6.92 Å². The van der Waals surface area contributed by atoms with Crippen LogP contribution in [0.4, 0.5) is 0 Å². The van der Waals surface area contributed by atoms with Crippen molar-refractivity contribution in [2.75, 3.05) is 14.2 Å². The van der Waals surface area contributed by atoms with Gasteiger partial charge in [0.2, 0.25) is 0 Å². The van der Waals surface area contributed by atoms with Crippen molar-refractivity contribution in [3.8, 4) is 0 Å². The number of Topliss-reactive ketones (excluding diaryl/α,β-unsaturated/α-hetero) is 1. The molecule has 0 aliphatic carbocycles. The van der Waals surface area contributed by atoms with Gasteiger partial charge in [-0.05, 0) is 0 Å². The van der Waals surface area contributed by atoms with E-state index in [1.807, 2.05) is 0 Å². The van der Waals surface area contributed by atoms with Crippen molar-refractivity contribution >= 4 is 11.8 Å². The van der Waals surface area contributed by atoms with Crippen LogP contribution in [0.1, 0.15) is 13.3 Å². The fourth-order valence-corrected chi connectivity index (χ4v) is 0.646. The molecular formula is C8H12O4. The molecule has 0 bridgehead atoms. The van der Waals surface area contributed by atoms with Gasteiger partial charge in [0.1, 0.15) is 11.8 Å². The number of hydrogen-bond acceptors (Lipinski definition) is 4. The zero-order valence-electron chi connectivity index (χ0n) is 7.42. The van der Waals surface area contributed by atoms with Gasteiger partial charge in [0.25, 0.3) is 0 Å². The summed E-state index contributed by atoms with van der Waals surface area (Å²) in [7, 11) is 2.58. The largest absolute Gasteiger partial charge is 0.503 e. The highest BCUT2D eigenvalue weighted by Crippen LogP contribution is 2.02. The van der Waals surface area contributed by atoms with Crippen LogP contribution in [-0.2, 0) is 19.1 Å². The van der Waals surface area contributed by atoms with Crippen molar-refractivity contribution in [1.82, 2.24) is 0 Å². The summed E-state index contributed by atoms with van der Waals surface area (Å²) in [6.45, 7) is 1.66. The Morgan fingerprint density at radius 2 is 1.92 bits per heavy atom. The lowest BCUT2D eigenvalue weighted by Crippen LogP contribution is -2.13. The van der Waals surface area contributed by atoms with E-state index in [2.05, 4.69) is 9.47 Å². The van der Waals surface area contributed by atoms with Crippen LogP contribution >= 0.6 is 0 Å². The lowest BCUT2D eigenvalue weighted by molar-refractivity contribution is -0.138. The number of hydrogen-bond donors (Lipinski definition) is 0. The fraction of sp³-hybridized carbons (Fsp3) is 0.500. The molecule has 12 heavy (non-hydrogen) atoms.